The van der Waals surface area contributed by atoms with Gasteiger partial charge in [-0.3, -0.25) is 0 Å². The third-order valence-corrected chi connectivity index (χ3v) is 4.34. The molecular formula is C18H30N2O. The average molecular weight is 290 g/mol. The molecule has 1 unspecified atom stereocenters. The number of nitrogens with zero attached hydrogens (tertiary/aromatic N) is 1. The molecule has 1 N–H and O–H groups in total. The Kier molecular flexibility index (Phi) is 6.68. The lowest BCUT2D eigenvalue weighted by Crippen LogP contribution is -2.26. The van der Waals surface area contributed by atoms with Gasteiger partial charge in [0.2, 0.25) is 0 Å². The minimum atomic E-state index is 0.511. The van der Waals surface area contributed by atoms with Crippen LogP contribution in [0.4, 0.5) is 0 Å². The lowest BCUT2D eigenvalue weighted by Gasteiger charge is -2.19. The van der Waals surface area contributed by atoms with Crippen molar-refractivity contribution >= 4 is 0 Å². The highest BCUT2D eigenvalue weighted by Gasteiger charge is 2.20. The molecule has 1 saturated heterocycles. The van der Waals surface area contributed by atoms with Crippen molar-refractivity contribution in [2.75, 3.05) is 20.2 Å². The van der Waals surface area contributed by atoms with Crippen molar-refractivity contribution in [3.63, 3.8) is 0 Å². The molecule has 1 heterocycles. The van der Waals surface area contributed by atoms with Gasteiger partial charge in [-0.2, -0.15) is 0 Å². The fourth-order valence-electron chi connectivity index (χ4n) is 2.93. The summed E-state index contributed by atoms with van der Waals surface area (Å²) in [6, 6.07) is 9.81. The van der Waals surface area contributed by atoms with Crippen LogP contribution in [0.5, 0.6) is 0 Å². The Morgan fingerprint density at radius 2 is 2.05 bits per heavy atom. The van der Waals surface area contributed by atoms with Crippen LogP contribution in [0.2, 0.25) is 0 Å². The molecule has 1 fully saturated rings. The maximum atomic E-state index is 5.92. The second kappa shape index (κ2) is 8.52. The van der Waals surface area contributed by atoms with Crippen molar-refractivity contribution in [1.82, 2.24) is 10.2 Å². The van der Waals surface area contributed by atoms with Gasteiger partial charge in [-0.15, -0.1) is 0 Å². The Balaban J connectivity index is 1.74. The second-order valence-electron chi connectivity index (χ2n) is 6.42. The zero-order chi connectivity index (χ0) is 15.1. The Labute approximate surface area is 129 Å². The van der Waals surface area contributed by atoms with E-state index < -0.39 is 0 Å². The van der Waals surface area contributed by atoms with Gasteiger partial charge in [-0.25, -0.2) is 0 Å². The van der Waals surface area contributed by atoms with Crippen LogP contribution in [0.3, 0.4) is 0 Å². The van der Waals surface area contributed by atoms with Gasteiger partial charge in [0.05, 0.1) is 6.61 Å². The largest absolute Gasteiger partial charge is 0.377 e. The standard InChI is InChI=1S/C18H30N2O/c1-15(2)19-13-16-7-4-5-8-17(16)14-21-12-10-18-9-6-11-20(18)3/h4-5,7-8,15,18-19H,6,9-14H2,1-3H3. The first kappa shape index (κ1) is 16.5. The van der Waals surface area contributed by atoms with E-state index in [1.165, 1.54) is 30.5 Å². The fraction of sp³-hybridized carbons (Fsp3) is 0.667. The number of rotatable bonds is 8. The van der Waals surface area contributed by atoms with Gasteiger partial charge < -0.3 is 15.0 Å². The lowest BCUT2D eigenvalue weighted by molar-refractivity contribution is 0.101. The number of ether oxygens (including phenoxy) is 1. The third kappa shape index (κ3) is 5.42. The molecule has 2 rings (SSSR count). The van der Waals surface area contributed by atoms with E-state index in [0.717, 1.165) is 32.2 Å². The number of hydrogen-bond donors (Lipinski definition) is 1. The Bertz CT molecular complexity index is 419. The topological polar surface area (TPSA) is 24.5 Å². The summed E-state index contributed by atoms with van der Waals surface area (Å²) in [4.78, 5) is 2.46. The van der Waals surface area contributed by atoms with Crippen molar-refractivity contribution in [3.8, 4) is 0 Å². The molecule has 1 atom stereocenters. The van der Waals surface area contributed by atoms with Gasteiger partial charge in [0.1, 0.15) is 0 Å². The summed E-state index contributed by atoms with van der Waals surface area (Å²) in [5.41, 5.74) is 2.66. The van der Waals surface area contributed by atoms with Crippen LogP contribution in [0, 0.1) is 0 Å². The van der Waals surface area contributed by atoms with Crippen LogP contribution < -0.4 is 5.32 Å². The first-order chi connectivity index (χ1) is 10.2. The van der Waals surface area contributed by atoms with Gasteiger partial charge in [-0.1, -0.05) is 38.1 Å². The predicted octanol–water partition coefficient (Wildman–Crippen LogP) is 3.19. The number of nitrogens with one attached hydrogen (secondary N) is 1. The molecule has 1 aliphatic heterocycles. The third-order valence-electron chi connectivity index (χ3n) is 4.34. The normalized spacial score (nSPS) is 19.5. The molecule has 3 heteroatoms. The summed E-state index contributed by atoms with van der Waals surface area (Å²) < 4.78 is 5.92. The molecule has 0 spiro atoms. The van der Waals surface area contributed by atoms with Gasteiger partial charge in [0.15, 0.2) is 0 Å². The SMILES string of the molecule is CC(C)NCc1ccccc1COCCC1CCCN1C. The minimum Gasteiger partial charge on any atom is -0.377 e. The van der Waals surface area contributed by atoms with E-state index in [-0.39, 0.29) is 0 Å². The predicted molar refractivity (Wildman–Crippen MR) is 88.3 cm³/mol. The van der Waals surface area contributed by atoms with Crippen molar-refractivity contribution in [2.24, 2.45) is 0 Å². The zero-order valence-corrected chi connectivity index (χ0v) is 13.8. The number of likely N-dealkylation sites (tertiary alicyclic amines) is 1. The van der Waals surface area contributed by atoms with E-state index in [1.54, 1.807) is 0 Å². The smallest absolute Gasteiger partial charge is 0.0720 e. The Morgan fingerprint density at radius 3 is 2.71 bits per heavy atom. The van der Waals surface area contributed by atoms with E-state index in [0.29, 0.717) is 6.04 Å². The maximum Gasteiger partial charge on any atom is 0.0720 e. The molecule has 0 saturated carbocycles. The molecule has 0 aromatic heterocycles. The van der Waals surface area contributed by atoms with Gasteiger partial charge in [0.25, 0.3) is 0 Å². The molecule has 1 aromatic rings. The minimum absolute atomic E-state index is 0.511. The van der Waals surface area contributed by atoms with E-state index in [9.17, 15) is 0 Å². The van der Waals surface area contributed by atoms with E-state index >= 15 is 0 Å². The molecule has 0 aliphatic carbocycles. The first-order valence-corrected chi connectivity index (χ1v) is 8.25. The molecule has 0 bridgehead atoms. The van der Waals surface area contributed by atoms with Crippen molar-refractivity contribution in [3.05, 3.63) is 35.4 Å². The van der Waals surface area contributed by atoms with E-state index in [2.05, 4.69) is 55.4 Å². The van der Waals surface area contributed by atoms with Gasteiger partial charge >= 0.3 is 0 Å². The molecule has 1 aliphatic rings. The molecule has 3 nitrogen and oxygen atoms in total. The molecule has 0 amide bonds. The Morgan fingerprint density at radius 1 is 1.29 bits per heavy atom. The summed E-state index contributed by atoms with van der Waals surface area (Å²) in [6.07, 6.45) is 3.82. The molecule has 1 aromatic carbocycles. The fourth-order valence-corrected chi connectivity index (χ4v) is 2.93. The maximum absolute atomic E-state index is 5.92. The van der Waals surface area contributed by atoms with Crippen molar-refractivity contribution in [1.29, 1.82) is 0 Å². The summed E-state index contributed by atoms with van der Waals surface area (Å²) in [7, 11) is 2.23. The highest BCUT2D eigenvalue weighted by molar-refractivity contribution is 5.26. The molecule has 21 heavy (non-hydrogen) atoms. The van der Waals surface area contributed by atoms with Crippen LogP contribution in [-0.4, -0.2) is 37.2 Å². The van der Waals surface area contributed by atoms with Gasteiger partial charge in [0, 0.05) is 25.2 Å². The second-order valence-corrected chi connectivity index (χ2v) is 6.42. The zero-order valence-electron chi connectivity index (χ0n) is 13.8. The highest BCUT2D eigenvalue weighted by atomic mass is 16.5. The van der Waals surface area contributed by atoms with Crippen LogP contribution in [0.25, 0.3) is 0 Å². The Hall–Kier alpha value is -0.900. The highest BCUT2D eigenvalue weighted by Crippen LogP contribution is 2.18. The van der Waals surface area contributed by atoms with Crippen LogP contribution >= 0.6 is 0 Å². The van der Waals surface area contributed by atoms with E-state index in [1.807, 2.05) is 0 Å². The molecular weight excluding hydrogens is 260 g/mol. The van der Waals surface area contributed by atoms with Crippen LogP contribution in [-0.2, 0) is 17.9 Å². The summed E-state index contributed by atoms with van der Waals surface area (Å²) in [5, 5.41) is 3.48. The summed E-state index contributed by atoms with van der Waals surface area (Å²) in [6.45, 7) is 8.11. The quantitative estimate of drug-likeness (QED) is 0.744. The summed E-state index contributed by atoms with van der Waals surface area (Å²) in [5.74, 6) is 0. The average Bonchev–Trinajstić information content (AvgIpc) is 2.88. The van der Waals surface area contributed by atoms with Crippen LogP contribution in [0.1, 0.15) is 44.2 Å². The van der Waals surface area contributed by atoms with Crippen molar-refractivity contribution < 1.29 is 4.74 Å². The number of hydrogen-bond acceptors (Lipinski definition) is 3. The van der Waals surface area contributed by atoms with Gasteiger partial charge in [-0.05, 0) is 44.0 Å². The summed E-state index contributed by atoms with van der Waals surface area (Å²) >= 11 is 0. The monoisotopic (exact) mass is 290 g/mol. The van der Waals surface area contributed by atoms with Crippen LogP contribution in [0.15, 0.2) is 24.3 Å². The molecule has 0 radical (unpaired) electrons. The van der Waals surface area contributed by atoms with Crippen molar-refractivity contribution in [2.45, 2.75) is 58.3 Å². The number of benzene rings is 1. The first-order valence-electron chi connectivity index (χ1n) is 8.25. The van der Waals surface area contributed by atoms with E-state index in [4.69, 9.17) is 4.74 Å². The molecule has 118 valence electrons. The lowest BCUT2D eigenvalue weighted by atomic mass is 10.1.